The monoisotopic (exact) mass is 455 g/mol. The van der Waals surface area contributed by atoms with Crippen molar-refractivity contribution in [3.63, 3.8) is 0 Å². The van der Waals surface area contributed by atoms with Crippen LogP contribution in [0.3, 0.4) is 0 Å². The van der Waals surface area contributed by atoms with E-state index in [0.29, 0.717) is 19.7 Å². The number of nitrogens with one attached hydrogen (secondary N) is 1. The molecule has 1 saturated carbocycles. The van der Waals surface area contributed by atoms with E-state index in [1.165, 1.54) is 5.56 Å². The Morgan fingerprint density at radius 1 is 1.23 bits per heavy atom. The average molecular weight is 456 g/mol. The number of thiazole rings is 1. The fourth-order valence-corrected chi connectivity index (χ4v) is 6.85. The van der Waals surface area contributed by atoms with Gasteiger partial charge in [-0.3, -0.25) is 4.79 Å². The Labute approximate surface area is 189 Å². The Balaban J connectivity index is 1.53. The highest BCUT2D eigenvalue weighted by molar-refractivity contribution is 7.22. The first-order valence-corrected chi connectivity index (χ1v) is 12.5. The molecule has 3 aromatic rings. The molecule has 31 heavy (non-hydrogen) atoms. The van der Waals surface area contributed by atoms with Crippen LogP contribution < -0.4 is 5.32 Å². The first-order valence-electron chi connectivity index (χ1n) is 10.9. The van der Waals surface area contributed by atoms with Gasteiger partial charge in [-0.15, -0.1) is 22.7 Å². The van der Waals surface area contributed by atoms with E-state index in [1.807, 2.05) is 25.1 Å². The highest BCUT2D eigenvalue weighted by Gasteiger charge is 2.31. The molecule has 1 aliphatic heterocycles. The molecule has 1 fully saturated rings. The van der Waals surface area contributed by atoms with Crippen LogP contribution in [0.15, 0.2) is 24.3 Å². The molecule has 0 atom stereocenters. The number of carbonyl (C=O) groups is 2. The van der Waals surface area contributed by atoms with Gasteiger partial charge in [0.2, 0.25) is 5.91 Å². The minimum Gasteiger partial charge on any atom is -0.450 e. The van der Waals surface area contributed by atoms with Crippen molar-refractivity contribution in [1.82, 2.24) is 9.88 Å². The summed E-state index contributed by atoms with van der Waals surface area (Å²) in [4.78, 5) is 32.9. The van der Waals surface area contributed by atoms with Gasteiger partial charge in [0.25, 0.3) is 0 Å². The summed E-state index contributed by atoms with van der Waals surface area (Å²) in [5.74, 6) is 0.207. The largest absolute Gasteiger partial charge is 0.450 e. The standard InChI is InChI=1S/C23H25N3O3S2/c1-2-29-23(28)26-12-11-15-18(13-26)31-22(25-20(27)14-7-3-4-8-14)19(15)21-24-16-9-5-6-10-17(16)30-21/h5-6,9-10,14H,2-4,7-8,11-13H2,1H3,(H,25,27). The van der Waals surface area contributed by atoms with Crippen molar-refractivity contribution in [2.45, 2.75) is 45.6 Å². The summed E-state index contributed by atoms with van der Waals surface area (Å²) < 4.78 is 6.34. The number of ether oxygens (including phenoxy) is 1. The summed E-state index contributed by atoms with van der Waals surface area (Å²) in [5.41, 5.74) is 3.21. The lowest BCUT2D eigenvalue weighted by molar-refractivity contribution is -0.119. The molecule has 0 radical (unpaired) electrons. The molecule has 5 rings (SSSR count). The molecule has 0 saturated heterocycles. The molecule has 8 heteroatoms. The van der Waals surface area contributed by atoms with Crippen molar-refractivity contribution in [3.05, 3.63) is 34.7 Å². The molecule has 1 aromatic carbocycles. The number of fused-ring (bicyclic) bond motifs is 2. The molecule has 0 spiro atoms. The fourth-order valence-electron chi connectivity index (χ4n) is 4.47. The molecular weight excluding hydrogens is 430 g/mol. The number of hydrogen-bond acceptors (Lipinski definition) is 6. The van der Waals surface area contributed by atoms with Crippen LogP contribution in [0.4, 0.5) is 9.80 Å². The van der Waals surface area contributed by atoms with Gasteiger partial charge in [0.1, 0.15) is 10.0 Å². The second kappa shape index (κ2) is 8.59. The second-order valence-corrected chi connectivity index (χ2v) is 10.2. The first kappa shape index (κ1) is 20.5. The van der Waals surface area contributed by atoms with Crippen molar-refractivity contribution in [1.29, 1.82) is 0 Å². The Hall–Kier alpha value is -2.45. The first-order chi connectivity index (χ1) is 15.1. The topological polar surface area (TPSA) is 71.5 Å². The van der Waals surface area contributed by atoms with Crippen LogP contribution in [0.1, 0.15) is 43.0 Å². The number of aromatic nitrogens is 1. The van der Waals surface area contributed by atoms with Crippen molar-refractivity contribution < 1.29 is 14.3 Å². The van der Waals surface area contributed by atoms with E-state index >= 15 is 0 Å². The third-order valence-electron chi connectivity index (χ3n) is 6.05. The van der Waals surface area contributed by atoms with Crippen molar-refractivity contribution in [3.8, 4) is 10.6 Å². The van der Waals surface area contributed by atoms with Crippen molar-refractivity contribution in [2.24, 2.45) is 5.92 Å². The van der Waals surface area contributed by atoms with Gasteiger partial charge < -0.3 is 15.0 Å². The van der Waals surface area contributed by atoms with Crippen LogP contribution in [-0.2, 0) is 22.5 Å². The molecule has 1 aliphatic carbocycles. The van der Waals surface area contributed by atoms with Gasteiger partial charge in [-0.2, -0.15) is 0 Å². The lowest BCUT2D eigenvalue weighted by Crippen LogP contribution is -2.35. The lowest BCUT2D eigenvalue weighted by atomic mass is 10.0. The van der Waals surface area contributed by atoms with Crippen molar-refractivity contribution in [2.75, 3.05) is 18.5 Å². The molecule has 0 unspecified atom stereocenters. The van der Waals surface area contributed by atoms with Crippen LogP contribution in [-0.4, -0.2) is 35.0 Å². The predicted octanol–water partition coefficient (Wildman–Crippen LogP) is 5.67. The van der Waals surface area contributed by atoms with Crippen molar-refractivity contribution >= 4 is 49.9 Å². The van der Waals surface area contributed by atoms with Gasteiger partial charge in [0.05, 0.1) is 23.4 Å². The average Bonchev–Trinajstić information content (AvgIpc) is 3.50. The maximum atomic E-state index is 12.9. The number of nitrogens with zero attached hydrogens (tertiary/aromatic N) is 2. The number of carbonyl (C=O) groups excluding carboxylic acids is 2. The second-order valence-electron chi connectivity index (χ2n) is 8.04. The number of benzene rings is 1. The number of anilines is 1. The third kappa shape index (κ3) is 3.94. The van der Waals surface area contributed by atoms with Crippen LogP contribution in [0.25, 0.3) is 20.8 Å². The minimum absolute atomic E-state index is 0.0957. The maximum Gasteiger partial charge on any atom is 0.410 e. The van der Waals surface area contributed by atoms with E-state index in [4.69, 9.17) is 9.72 Å². The Bertz CT molecular complexity index is 1100. The third-order valence-corrected chi connectivity index (χ3v) is 8.24. The molecule has 2 aromatic heterocycles. The van der Waals surface area contributed by atoms with Gasteiger partial charge in [0.15, 0.2) is 0 Å². The van der Waals surface area contributed by atoms with Gasteiger partial charge in [-0.05, 0) is 43.9 Å². The highest BCUT2D eigenvalue weighted by Crippen LogP contribution is 2.46. The minimum atomic E-state index is -0.278. The zero-order chi connectivity index (χ0) is 21.4. The zero-order valence-electron chi connectivity index (χ0n) is 17.5. The molecule has 0 bridgehead atoms. The van der Waals surface area contributed by atoms with Crippen LogP contribution in [0.2, 0.25) is 0 Å². The summed E-state index contributed by atoms with van der Waals surface area (Å²) in [5, 5.41) is 5.04. The summed E-state index contributed by atoms with van der Waals surface area (Å²) in [7, 11) is 0. The van der Waals surface area contributed by atoms with E-state index in [1.54, 1.807) is 27.6 Å². The molecule has 2 amide bonds. The van der Waals surface area contributed by atoms with Gasteiger partial charge in [-0.25, -0.2) is 9.78 Å². The van der Waals surface area contributed by atoms with Gasteiger partial charge in [0, 0.05) is 22.9 Å². The molecule has 2 aliphatic rings. The molecule has 162 valence electrons. The molecule has 3 heterocycles. The number of hydrogen-bond donors (Lipinski definition) is 1. The van der Waals surface area contributed by atoms with Gasteiger partial charge in [-0.1, -0.05) is 25.0 Å². The number of thiophene rings is 1. The summed E-state index contributed by atoms with van der Waals surface area (Å²) in [6.45, 7) is 3.30. The number of para-hydroxylation sites is 1. The van der Waals surface area contributed by atoms with E-state index in [0.717, 1.165) is 62.8 Å². The Morgan fingerprint density at radius 2 is 2.03 bits per heavy atom. The normalized spacial score (nSPS) is 16.5. The molecular formula is C23H25N3O3S2. The van der Waals surface area contributed by atoms with E-state index < -0.39 is 0 Å². The summed E-state index contributed by atoms with van der Waals surface area (Å²) in [6, 6.07) is 8.12. The number of amides is 2. The lowest BCUT2D eigenvalue weighted by Gasteiger charge is -2.26. The van der Waals surface area contributed by atoms with E-state index in [-0.39, 0.29) is 17.9 Å². The maximum absolute atomic E-state index is 12.9. The van der Waals surface area contributed by atoms with Gasteiger partial charge >= 0.3 is 6.09 Å². The zero-order valence-corrected chi connectivity index (χ0v) is 19.1. The predicted molar refractivity (Wildman–Crippen MR) is 125 cm³/mol. The summed E-state index contributed by atoms with van der Waals surface area (Å²) in [6.07, 6.45) is 4.62. The number of rotatable bonds is 4. The fraction of sp³-hybridized carbons (Fsp3) is 0.435. The quantitative estimate of drug-likeness (QED) is 0.550. The summed E-state index contributed by atoms with van der Waals surface area (Å²) >= 11 is 3.23. The molecule has 1 N–H and O–H groups in total. The van der Waals surface area contributed by atoms with E-state index in [2.05, 4.69) is 11.4 Å². The van der Waals surface area contributed by atoms with Crippen LogP contribution in [0, 0.1) is 5.92 Å². The van der Waals surface area contributed by atoms with Crippen LogP contribution in [0.5, 0.6) is 0 Å². The van der Waals surface area contributed by atoms with E-state index in [9.17, 15) is 9.59 Å². The molecule has 6 nitrogen and oxygen atoms in total. The van der Waals surface area contributed by atoms with Crippen LogP contribution >= 0.6 is 22.7 Å². The Morgan fingerprint density at radius 3 is 2.81 bits per heavy atom. The SMILES string of the molecule is CCOC(=O)N1CCc2c(sc(NC(=O)C3CCCC3)c2-c2nc3ccccc3s2)C1. The highest BCUT2D eigenvalue weighted by atomic mass is 32.1. The Kier molecular flexibility index (Phi) is 5.67. The smallest absolute Gasteiger partial charge is 0.410 e.